The van der Waals surface area contributed by atoms with Crippen molar-refractivity contribution in [2.45, 2.75) is 39.2 Å². The first kappa shape index (κ1) is 14.2. The van der Waals surface area contributed by atoms with E-state index in [0.29, 0.717) is 11.4 Å². The Kier molecular flexibility index (Phi) is 4.11. The van der Waals surface area contributed by atoms with Crippen LogP contribution >= 0.6 is 0 Å². The minimum absolute atomic E-state index is 0.0735. The van der Waals surface area contributed by atoms with Gasteiger partial charge in [-0.2, -0.15) is 5.10 Å². The largest absolute Gasteiger partial charge is 0.481 e. The van der Waals surface area contributed by atoms with Gasteiger partial charge in [0.05, 0.1) is 17.8 Å². The number of carboxylic acids is 1. The number of rotatable bonds is 5. The van der Waals surface area contributed by atoms with Crippen LogP contribution in [0.25, 0.3) is 0 Å². The van der Waals surface area contributed by atoms with Gasteiger partial charge in [0.2, 0.25) is 0 Å². The van der Waals surface area contributed by atoms with E-state index in [-0.39, 0.29) is 31.0 Å². The molecular weight excluding hydrogens is 262 g/mol. The van der Waals surface area contributed by atoms with Gasteiger partial charge in [0.1, 0.15) is 0 Å². The zero-order valence-corrected chi connectivity index (χ0v) is 11.5. The third-order valence-electron chi connectivity index (χ3n) is 3.13. The van der Waals surface area contributed by atoms with Gasteiger partial charge in [0.25, 0.3) is 5.95 Å². The predicted octanol–water partition coefficient (Wildman–Crippen LogP) is 0.959. The number of nitrogens with zero attached hydrogens (tertiary/aromatic N) is 4. The molecule has 108 valence electrons. The van der Waals surface area contributed by atoms with Crippen molar-refractivity contribution >= 4 is 17.9 Å². The Hall–Kier alpha value is -2.25. The fourth-order valence-electron chi connectivity index (χ4n) is 1.73. The van der Waals surface area contributed by atoms with Gasteiger partial charge in [-0.05, 0) is 26.7 Å². The molecule has 1 aromatic rings. The first-order valence-electron chi connectivity index (χ1n) is 6.44. The number of anilines is 1. The Balaban J connectivity index is 2.00. The van der Waals surface area contributed by atoms with Crippen LogP contribution in [-0.2, 0) is 4.79 Å². The molecule has 1 aliphatic carbocycles. The van der Waals surface area contributed by atoms with E-state index in [1.54, 1.807) is 13.8 Å². The lowest BCUT2D eigenvalue weighted by molar-refractivity contribution is -0.137. The van der Waals surface area contributed by atoms with Crippen LogP contribution in [0.4, 0.5) is 10.7 Å². The SMILES string of the molecule is Cc1nnc(NC(=O)N(CCC(=O)O)C2CC2)nc1C. The molecule has 1 fully saturated rings. The summed E-state index contributed by atoms with van der Waals surface area (Å²) in [7, 11) is 0. The molecule has 2 amide bonds. The number of urea groups is 1. The molecule has 1 aromatic heterocycles. The summed E-state index contributed by atoms with van der Waals surface area (Å²) in [6, 6.07) is -0.257. The Labute approximate surface area is 116 Å². The van der Waals surface area contributed by atoms with Gasteiger partial charge in [-0.1, -0.05) is 0 Å². The summed E-state index contributed by atoms with van der Waals surface area (Å²) in [6.07, 6.45) is 1.73. The van der Waals surface area contributed by atoms with Crippen LogP contribution in [0.5, 0.6) is 0 Å². The summed E-state index contributed by atoms with van der Waals surface area (Å²) in [4.78, 5) is 28.4. The van der Waals surface area contributed by atoms with Crippen LogP contribution in [-0.4, -0.2) is 49.8 Å². The smallest absolute Gasteiger partial charge is 0.324 e. The monoisotopic (exact) mass is 279 g/mol. The average molecular weight is 279 g/mol. The van der Waals surface area contributed by atoms with Gasteiger partial charge in [0.15, 0.2) is 0 Å². The van der Waals surface area contributed by atoms with E-state index in [1.807, 2.05) is 0 Å². The number of carbonyl (C=O) groups is 2. The number of nitrogens with one attached hydrogen (secondary N) is 1. The van der Waals surface area contributed by atoms with Crippen LogP contribution in [0.1, 0.15) is 30.7 Å². The second-order valence-electron chi connectivity index (χ2n) is 4.80. The lowest BCUT2D eigenvalue weighted by Gasteiger charge is -2.21. The molecule has 0 bridgehead atoms. The number of aromatic nitrogens is 3. The Morgan fingerprint density at radius 1 is 1.30 bits per heavy atom. The Morgan fingerprint density at radius 2 is 2.00 bits per heavy atom. The van der Waals surface area contributed by atoms with E-state index in [4.69, 9.17) is 5.11 Å². The summed E-state index contributed by atoms with van der Waals surface area (Å²) in [5.41, 5.74) is 1.40. The molecular formula is C12H17N5O3. The van der Waals surface area contributed by atoms with Crippen molar-refractivity contribution in [3.05, 3.63) is 11.4 Å². The molecule has 1 aliphatic rings. The van der Waals surface area contributed by atoms with Crippen LogP contribution in [0.15, 0.2) is 0 Å². The van der Waals surface area contributed by atoms with E-state index in [1.165, 1.54) is 4.90 Å². The van der Waals surface area contributed by atoms with Crippen molar-refractivity contribution in [1.82, 2.24) is 20.1 Å². The molecule has 8 heteroatoms. The predicted molar refractivity (Wildman–Crippen MR) is 70.3 cm³/mol. The number of hydrogen-bond donors (Lipinski definition) is 2. The summed E-state index contributed by atoms with van der Waals surface area (Å²) >= 11 is 0. The summed E-state index contributed by atoms with van der Waals surface area (Å²) in [5.74, 6) is -0.786. The van der Waals surface area contributed by atoms with E-state index in [2.05, 4.69) is 20.5 Å². The summed E-state index contributed by atoms with van der Waals surface area (Å²) in [5, 5.41) is 19.0. The van der Waals surface area contributed by atoms with Crippen LogP contribution in [0.2, 0.25) is 0 Å². The van der Waals surface area contributed by atoms with Gasteiger partial charge >= 0.3 is 12.0 Å². The maximum absolute atomic E-state index is 12.1. The Morgan fingerprint density at radius 3 is 2.55 bits per heavy atom. The van der Waals surface area contributed by atoms with Gasteiger partial charge in [-0.25, -0.2) is 9.78 Å². The van der Waals surface area contributed by atoms with E-state index < -0.39 is 5.97 Å². The van der Waals surface area contributed by atoms with Crippen molar-refractivity contribution in [2.24, 2.45) is 0 Å². The van der Waals surface area contributed by atoms with Crippen molar-refractivity contribution < 1.29 is 14.7 Å². The molecule has 20 heavy (non-hydrogen) atoms. The molecule has 1 saturated carbocycles. The van der Waals surface area contributed by atoms with E-state index in [0.717, 1.165) is 12.8 Å². The molecule has 0 aliphatic heterocycles. The fourth-order valence-corrected chi connectivity index (χ4v) is 1.73. The average Bonchev–Trinajstić information content (AvgIpc) is 3.18. The van der Waals surface area contributed by atoms with Crippen molar-refractivity contribution in [3.63, 3.8) is 0 Å². The highest BCUT2D eigenvalue weighted by atomic mass is 16.4. The van der Waals surface area contributed by atoms with Gasteiger partial charge in [-0.3, -0.25) is 10.1 Å². The van der Waals surface area contributed by atoms with Crippen molar-refractivity contribution in [2.75, 3.05) is 11.9 Å². The highest BCUT2D eigenvalue weighted by Gasteiger charge is 2.33. The first-order valence-corrected chi connectivity index (χ1v) is 6.44. The lowest BCUT2D eigenvalue weighted by Crippen LogP contribution is -2.38. The number of aliphatic carboxylic acids is 1. The molecule has 0 spiro atoms. The van der Waals surface area contributed by atoms with E-state index >= 15 is 0 Å². The number of aryl methyl sites for hydroxylation is 2. The Bertz CT molecular complexity index is 530. The third-order valence-corrected chi connectivity index (χ3v) is 3.13. The van der Waals surface area contributed by atoms with Crippen LogP contribution < -0.4 is 5.32 Å². The minimum Gasteiger partial charge on any atom is -0.481 e. The normalized spacial score (nSPS) is 13.9. The first-order chi connectivity index (χ1) is 9.47. The molecule has 1 heterocycles. The lowest BCUT2D eigenvalue weighted by atomic mass is 10.4. The number of hydrogen-bond acceptors (Lipinski definition) is 5. The second-order valence-corrected chi connectivity index (χ2v) is 4.80. The van der Waals surface area contributed by atoms with Crippen molar-refractivity contribution in [3.8, 4) is 0 Å². The zero-order valence-electron chi connectivity index (χ0n) is 11.5. The molecule has 0 unspecified atom stereocenters. The van der Waals surface area contributed by atoms with Crippen LogP contribution in [0, 0.1) is 13.8 Å². The number of amides is 2. The molecule has 2 rings (SSSR count). The standard InChI is InChI=1S/C12H17N5O3/c1-7-8(2)15-16-11(13-7)14-12(20)17(9-3-4-9)6-5-10(18)19/h9H,3-6H2,1-2H3,(H,18,19)(H,13,14,16,20). The molecule has 0 radical (unpaired) electrons. The molecule has 0 atom stereocenters. The maximum atomic E-state index is 12.1. The fraction of sp³-hybridized carbons (Fsp3) is 0.583. The van der Waals surface area contributed by atoms with E-state index in [9.17, 15) is 9.59 Å². The zero-order chi connectivity index (χ0) is 14.7. The van der Waals surface area contributed by atoms with Crippen LogP contribution in [0.3, 0.4) is 0 Å². The van der Waals surface area contributed by atoms with Gasteiger partial charge in [-0.15, -0.1) is 5.10 Å². The number of carboxylic acid groups (broad SMARTS) is 1. The third kappa shape index (κ3) is 3.62. The quantitative estimate of drug-likeness (QED) is 0.831. The molecule has 2 N–H and O–H groups in total. The summed E-state index contributed by atoms with van der Waals surface area (Å²) in [6.45, 7) is 3.75. The maximum Gasteiger partial charge on any atom is 0.324 e. The second kappa shape index (κ2) is 5.81. The molecule has 0 saturated heterocycles. The minimum atomic E-state index is -0.924. The van der Waals surface area contributed by atoms with Crippen molar-refractivity contribution in [1.29, 1.82) is 0 Å². The van der Waals surface area contributed by atoms with Gasteiger partial charge < -0.3 is 10.0 Å². The highest BCUT2D eigenvalue weighted by Crippen LogP contribution is 2.27. The number of carbonyl (C=O) groups excluding carboxylic acids is 1. The topological polar surface area (TPSA) is 108 Å². The molecule has 0 aromatic carbocycles. The molecule has 8 nitrogen and oxygen atoms in total. The van der Waals surface area contributed by atoms with Gasteiger partial charge in [0, 0.05) is 12.6 Å². The highest BCUT2D eigenvalue weighted by molar-refractivity contribution is 5.88. The summed E-state index contributed by atoms with van der Waals surface area (Å²) < 4.78 is 0.